The summed E-state index contributed by atoms with van der Waals surface area (Å²) >= 11 is 0. The van der Waals surface area contributed by atoms with E-state index in [4.69, 9.17) is 9.47 Å². The lowest BCUT2D eigenvalue weighted by Crippen LogP contribution is -2.57. The first-order chi connectivity index (χ1) is 16.2. The summed E-state index contributed by atoms with van der Waals surface area (Å²) in [6.45, 7) is 6.61. The highest BCUT2D eigenvalue weighted by molar-refractivity contribution is 5.87. The lowest BCUT2D eigenvalue weighted by Gasteiger charge is -2.29. The lowest BCUT2D eigenvalue weighted by atomic mass is 9.98. The molecule has 0 saturated carbocycles. The smallest absolute Gasteiger partial charge is 0.407 e. The normalized spacial score (nSPS) is 12.3. The monoisotopic (exact) mass is 469 g/mol. The predicted molar refractivity (Wildman–Crippen MR) is 125 cm³/mol. The molecular formula is C25H31N3O6. The number of hydrogen-bond donors (Lipinski definition) is 3. The van der Waals surface area contributed by atoms with E-state index in [1.807, 2.05) is 55.5 Å². The zero-order valence-corrected chi connectivity index (χ0v) is 19.8. The number of alkyl carbamates (subject to hydrolysis) is 1. The molecule has 2 atom stereocenters. The molecule has 3 amide bonds. The van der Waals surface area contributed by atoms with Gasteiger partial charge in [-0.05, 0) is 24.0 Å². The molecule has 2 rings (SSSR count). The average Bonchev–Trinajstić information content (AvgIpc) is 2.78. The van der Waals surface area contributed by atoms with E-state index in [0.29, 0.717) is 0 Å². The molecule has 0 heterocycles. The standard InChI is InChI=1S/C25H31N3O6/c1-16(2)22(26-25(32)33-15-19-10-6-5-7-11-19)23(34-18(4)29)24(31)28-27-21(30)14-20-12-8-9-17(3)13-20/h5-13,16,22-23H,14-15H2,1-4H3,(H,26,32)(H,27,30)(H,28,31)/t22-,23+/m0/s1. The Balaban J connectivity index is 1.99. The second-order valence-corrected chi connectivity index (χ2v) is 8.21. The van der Waals surface area contributed by atoms with Crippen molar-refractivity contribution in [1.29, 1.82) is 0 Å². The Bertz CT molecular complexity index is 993. The van der Waals surface area contributed by atoms with Crippen molar-refractivity contribution in [3.63, 3.8) is 0 Å². The molecule has 34 heavy (non-hydrogen) atoms. The van der Waals surface area contributed by atoms with Crippen molar-refractivity contribution >= 4 is 23.9 Å². The molecule has 0 aliphatic rings. The van der Waals surface area contributed by atoms with Crippen molar-refractivity contribution in [2.24, 2.45) is 5.92 Å². The second kappa shape index (κ2) is 13.0. The molecule has 182 valence electrons. The minimum Gasteiger partial charge on any atom is -0.450 e. The van der Waals surface area contributed by atoms with Gasteiger partial charge in [-0.1, -0.05) is 74.0 Å². The van der Waals surface area contributed by atoms with Crippen molar-refractivity contribution in [2.45, 2.75) is 52.9 Å². The van der Waals surface area contributed by atoms with Crippen molar-refractivity contribution in [2.75, 3.05) is 0 Å². The van der Waals surface area contributed by atoms with E-state index in [-0.39, 0.29) is 18.9 Å². The molecule has 0 spiro atoms. The predicted octanol–water partition coefficient (Wildman–Crippen LogP) is 2.57. The first kappa shape index (κ1) is 26.4. The Morgan fingerprint density at radius 3 is 2.21 bits per heavy atom. The second-order valence-electron chi connectivity index (χ2n) is 8.21. The molecule has 0 bridgehead atoms. The van der Waals surface area contributed by atoms with E-state index in [9.17, 15) is 19.2 Å². The number of ether oxygens (including phenoxy) is 2. The number of amides is 3. The van der Waals surface area contributed by atoms with Crippen LogP contribution in [0.5, 0.6) is 0 Å². The van der Waals surface area contributed by atoms with Gasteiger partial charge in [-0.2, -0.15) is 0 Å². The first-order valence-electron chi connectivity index (χ1n) is 10.9. The van der Waals surface area contributed by atoms with Gasteiger partial charge in [0.25, 0.3) is 5.91 Å². The van der Waals surface area contributed by atoms with E-state index in [1.54, 1.807) is 19.9 Å². The zero-order chi connectivity index (χ0) is 25.1. The Morgan fingerprint density at radius 2 is 1.59 bits per heavy atom. The molecule has 0 aliphatic heterocycles. The van der Waals surface area contributed by atoms with E-state index >= 15 is 0 Å². The molecule has 0 aliphatic carbocycles. The van der Waals surface area contributed by atoms with Crippen LogP contribution in [0.1, 0.15) is 37.5 Å². The minimum atomic E-state index is -1.39. The van der Waals surface area contributed by atoms with Crippen molar-refractivity contribution in [3.8, 4) is 0 Å². The highest BCUT2D eigenvalue weighted by atomic mass is 16.6. The fourth-order valence-electron chi connectivity index (χ4n) is 3.22. The van der Waals surface area contributed by atoms with Gasteiger partial charge in [0, 0.05) is 6.92 Å². The maximum atomic E-state index is 12.8. The third kappa shape index (κ3) is 8.93. The Kier molecular flexibility index (Phi) is 10.1. The summed E-state index contributed by atoms with van der Waals surface area (Å²) in [5.74, 6) is -2.24. The number of carbonyl (C=O) groups is 4. The van der Waals surface area contributed by atoms with Crippen LogP contribution >= 0.6 is 0 Å². The van der Waals surface area contributed by atoms with Crippen LogP contribution in [0.2, 0.25) is 0 Å². The number of esters is 1. The molecule has 0 unspecified atom stereocenters. The molecule has 0 saturated heterocycles. The van der Waals surface area contributed by atoms with Crippen molar-refractivity contribution in [1.82, 2.24) is 16.2 Å². The summed E-state index contributed by atoms with van der Waals surface area (Å²) in [5.41, 5.74) is 7.19. The maximum absolute atomic E-state index is 12.8. The Hall–Kier alpha value is -3.88. The van der Waals surface area contributed by atoms with Crippen LogP contribution in [0, 0.1) is 12.8 Å². The summed E-state index contributed by atoms with van der Waals surface area (Å²) in [6, 6.07) is 15.6. The number of hydrazine groups is 1. The van der Waals surface area contributed by atoms with Gasteiger partial charge in [-0.15, -0.1) is 0 Å². The third-order valence-corrected chi connectivity index (χ3v) is 4.87. The summed E-state index contributed by atoms with van der Waals surface area (Å²) in [5, 5.41) is 2.59. The third-order valence-electron chi connectivity index (χ3n) is 4.87. The minimum absolute atomic E-state index is 0.0386. The zero-order valence-electron chi connectivity index (χ0n) is 19.8. The van der Waals surface area contributed by atoms with Crippen LogP contribution in [0.4, 0.5) is 4.79 Å². The summed E-state index contributed by atoms with van der Waals surface area (Å²) in [6.07, 6.45) is -2.10. The molecule has 0 fully saturated rings. The summed E-state index contributed by atoms with van der Waals surface area (Å²) in [4.78, 5) is 49.1. The highest BCUT2D eigenvalue weighted by Gasteiger charge is 2.35. The summed E-state index contributed by atoms with van der Waals surface area (Å²) < 4.78 is 10.4. The number of carbonyl (C=O) groups excluding carboxylic acids is 4. The highest BCUT2D eigenvalue weighted by Crippen LogP contribution is 2.12. The van der Waals surface area contributed by atoms with Crippen LogP contribution < -0.4 is 16.2 Å². The molecule has 2 aromatic carbocycles. The van der Waals surface area contributed by atoms with E-state index in [0.717, 1.165) is 23.6 Å². The van der Waals surface area contributed by atoms with Gasteiger partial charge >= 0.3 is 12.1 Å². The number of aryl methyl sites for hydroxylation is 1. The van der Waals surface area contributed by atoms with Gasteiger partial charge in [0.05, 0.1) is 12.5 Å². The van der Waals surface area contributed by atoms with Crippen LogP contribution in [-0.4, -0.2) is 36.0 Å². The van der Waals surface area contributed by atoms with Gasteiger partial charge in [-0.25, -0.2) is 4.79 Å². The lowest BCUT2D eigenvalue weighted by molar-refractivity contribution is -0.157. The average molecular weight is 470 g/mol. The topological polar surface area (TPSA) is 123 Å². The number of benzene rings is 2. The quantitative estimate of drug-likeness (QED) is 0.383. The molecular weight excluding hydrogens is 438 g/mol. The maximum Gasteiger partial charge on any atom is 0.407 e. The number of hydrogen-bond acceptors (Lipinski definition) is 6. The Morgan fingerprint density at radius 1 is 0.912 bits per heavy atom. The van der Waals surface area contributed by atoms with Crippen LogP contribution in [-0.2, 0) is 36.9 Å². The van der Waals surface area contributed by atoms with E-state index in [1.165, 1.54) is 0 Å². The van der Waals surface area contributed by atoms with Crippen molar-refractivity contribution in [3.05, 3.63) is 71.3 Å². The summed E-state index contributed by atoms with van der Waals surface area (Å²) in [7, 11) is 0. The largest absolute Gasteiger partial charge is 0.450 e. The first-order valence-corrected chi connectivity index (χ1v) is 10.9. The Labute approximate surface area is 199 Å². The molecule has 0 aromatic heterocycles. The van der Waals surface area contributed by atoms with Gasteiger partial charge < -0.3 is 14.8 Å². The van der Waals surface area contributed by atoms with Gasteiger partial charge in [0.1, 0.15) is 6.61 Å². The van der Waals surface area contributed by atoms with Crippen LogP contribution in [0.25, 0.3) is 0 Å². The molecule has 2 aromatic rings. The van der Waals surface area contributed by atoms with Crippen LogP contribution in [0.15, 0.2) is 54.6 Å². The molecule has 0 radical (unpaired) electrons. The number of rotatable bonds is 9. The fourth-order valence-corrected chi connectivity index (χ4v) is 3.22. The van der Waals surface area contributed by atoms with Gasteiger partial charge in [0.2, 0.25) is 12.0 Å². The van der Waals surface area contributed by atoms with Gasteiger partial charge in [0.15, 0.2) is 0 Å². The van der Waals surface area contributed by atoms with E-state index in [2.05, 4.69) is 16.2 Å². The van der Waals surface area contributed by atoms with Crippen LogP contribution in [0.3, 0.4) is 0 Å². The molecule has 9 heteroatoms. The molecule has 3 N–H and O–H groups in total. The fraction of sp³-hybridized carbons (Fsp3) is 0.360. The molecule has 9 nitrogen and oxygen atoms in total. The van der Waals surface area contributed by atoms with E-state index < -0.39 is 36.0 Å². The van der Waals surface area contributed by atoms with Gasteiger partial charge in [-0.3, -0.25) is 25.2 Å². The SMILES string of the molecule is CC(=O)O[C@@H](C(=O)NNC(=O)Cc1cccc(C)c1)[C@@H](NC(=O)OCc1ccccc1)C(C)C. The number of nitrogens with one attached hydrogen (secondary N) is 3. The van der Waals surface area contributed by atoms with Crippen molar-refractivity contribution < 1.29 is 28.7 Å².